The molecule has 1 aromatic carbocycles. The van der Waals surface area contributed by atoms with Gasteiger partial charge in [0.1, 0.15) is 11.6 Å². The number of hydrogen-bond donors (Lipinski definition) is 0. The summed E-state index contributed by atoms with van der Waals surface area (Å²) in [6, 6.07) is 6.57. The molecule has 0 unspecified atom stereocenters. The molecule has 3 nitrogen and oxygen atoms in total. The van der Waals surface area contributed by atoms with E-state index in [9.17, 15) is 4.39 Å². The Balaban J connectivity index is 2.22. The van der Waals surface area contributed by atoms with Crippen LogP contribution in [0.1, 0.15) is 11.3 Å². The van der Waals surface area contributed by atoms with Crippen molar-refractivity contribution in [1.29, 1.82) is 0 Å². The second-order valence-corrected chi connectivity index (χ2v) is 5.24. The summed E-state index contributed by atoms with van der Waals surface area (Å²) in [6.45, 7) is 1.71. The van der Waals surface area contributed by atoms with Gasteiger partial charge in [-0.2, -0.15) is 0 Å². The van der Waals surface area contributed by atoms with E-state index in [2.05, 4.69) is 20.9 Å². The second-order valence-electron chi connectivity index (χ2n) is 4.39. The Hall–Kier alpha value is -1.62. The van der Waals surface area contributed by atoms with Gasteiger partial charge in [-0.1, -0.05) is 0 Å². The molecule has 1 heterocycles. The lowest BCUT2D eigenvalue weighted by Crippen LogP contribution is -2.07. The number of furan rings is 1. The highest BCUT2D eigenvalue weighted by atomic mass is 79.9. The lowest BCUT2D eigenvalue weighted by atomic mass is 10.2. The molecule has 0 amide bonds. The zero-order valence-electron chi connectivity index (χ0n) is 10.9. The van der Waals surface area contributed by atoms with E-state index in [0.717, 1.165) is 10.4 Å². The topological polar surface area (TPSA) is 28.7 Å². The zero-order chi connectivity index (χ0) is 14.0. The van der Waals surface area contributed by atoms with Crippen molar-refractivity contribution in [2.24, 2.45) is 4.99 Å². The Morgan fingerprint density at radius 2 is 2.05 bits per heavy atom. The molecule has 100 valence electrons. The van der Waals surface area contributed by atoms with E-state index in [-0.39, 0.29) is 5.82 Å². The van der Waals surface area contributed by atoms with Crippen LogP contribution in [0.15, 0.2) is 38.1 Å². The molecule has 0 spiro atoms. The van der Waals surface area contributed by atoms with Gasteiger partial charge in [0.2, 0.25) is 5.88 Å². The minimum absolute atomic E-state index is 0.227. The molecule has 0 aliphatic heterocycles. The molecule has 0 saturated heterocycles. The predicted octanol–water partition coefficient (Wildman–Crippen LogP) is 4.31. The van der Waals surface area contributed by atoms with Crippen molar-refractivity contribution in [2.45, 2.75) is 6.92 Å². The predicted molar refractivity (Wildman–Crippen MR) is 79.1 cm³/mol. The minimum atomic E-state index is -0.227. The maximum atomic E-state index is 13.1. The second kappa shape index (κ2) is 5.57. The van der Waals surface area contributed by atoms with Crippen LogP contribution in [-0.4, -0.2) is 20.3 Å². The van der Waals surface area contributed by atoms with Gasteiger partial charge in [0, 0.05) is 20.2 Å². The highest BCUT2D eigenvalue weighted by molar-refractivity contribution is 9.10. The fraction of sp³-hybridized carbons (Fsp3) is 0.214. The number of rotatable bonds is 3. The summed E-state index contributed by atoms with van der Waals surface area (Å²) in [5.74, 6) is 1.14. The molecule has 19 heavy (non-hydrogen) atoms. The highest BCUT2D eigenvalue weighted by Crippen LogP contribution is 2.28. The fourth-order valence-electron chi connectivity index (χ4n) is 1.59. The van der Waals surface area contributed by atoms with Crippen molar-refractivity contribution < 1.29 is 8.81 Å². The molecule has 0 atom stereocenters. The number of halogens is 2. The number of aryl methyl sites for hydroxylation is 1. The molecule has 0 bridgehead atoms. The largest absolute Gasteiger partial charge is 0.438 e. The SMILES string of the molecule is Cc1cc(N=Cc2cc(Br)c(N(C)C)o2)ccc1F. The van der Waals surface area contributed by atoms with Gasteiger partial charge in [0.05, 0.1) is 16.4 Å². The van der Waals surface area contributed by atoms with Crippen LogP contribution in [-0.2, 0) is 0 Å². The van der Waals surface area contributed by atoms with Crippen LogP contribution in [0.3, 0.4) is 0 Å². The van der Waals surface area contributed by atoms with E-state index >= 15 is 0 Å². The van der Waals surface area contributed by atoms with Gasteiger partial charge in [0.15, 0.2) is 0 Å². The first-order chi connectivity index (χ1) is 8.97. The Labute approximate surface area is 119 Å². The maximum Gasteiger partial charge on any atom is 0.210 e. The number of anilines is 1. The van der Waals surface area contributed by atoms with E-state index in [1.807, 2.05) is 25.1 Å². The average Bonchev–Trinajstić information content (AvgIpc) is 2.72. The van der Waals surface area contributed by atoms with E-state index in [0.29, 0.717) is 17.0 Å². The lowest BCUT2D eigenvalue weighted by molar-refractivity contribution is 0.557. The van der Waals surface area contributed by atoms with Crippen molar-refractivity contribution in [3.8, 4) is 0 Å². The Morgan fingerprint density at radius 1 is 1.32 bits per heavy atom. The summed E-state index contributed by atoms with van der Waals surface area (Å²) in [5, 5.41) is 0. The Kier molecular flexibility index (Phi) is 4.04. The summed E-state index contributed by atoms with van der Waals surface area (Å²) in [4.78, 5) is 6.13. The number of hydrogen-bond acceptors (Lipinski definition) is 3. The molecule has 0 fully saturated rings. The molecule has 5 heteroatoms. The minimum Gasteiger partial charge on any atom is -0.438 e. The first-order valence-corrected chi connectivity index (χ1v) is 6.53. The van der Waals surface area contributed by atoms with E-state index in [1.165, 1.54) is 6.07 Å². The molecule has 0 N–H and O–H groups in total. The van der Waals surface area contributed by atoms with Crippen LogP contribution < -0.4 is 4.90 Å². The third kappa shape index (κ3) is 3.23. The summed E-state index contributed by atoms with van der Waals surface area (Å²) in [5.41, 5.74) is 1.27. The van der Waals surface area contributed by atoms with E-state index in [4.69, 9.17) is 4.42 Å². The normalized spacial score (nSPS) is 11.2. The standard InChI is InChI=1S/C14H14BrFN2O/c1-9-6-10(4-5-13(9)16)17-8-11-7-12(15)14(19-11)18(2)3/h4-8H,1-3H3. The summed E-state index contributed by atoms with van der Waals surface area (Å²) in [6.07, 6.45) is 1.62. The molecule has 1 aromatic heterocycles. The van der Waals surface area contributed by atoms with Crippen LogP contribution >= 0.6 is 15.9 Å². The third-order valence-electron chi connectivity index (χ3n) is 2.58. The molecule has 0 aliphatic rings. The summed E-state index contributed by atoms with van der Waals surface area (Å²) < 4.78 is 19.6. The van der Waals surface area contributed by atoms with Crippen molar-refractivity contribution in [3.05, 3.63) is 45.9 Å². The lowest BCUT2D eigenvalue weighted by Gasteiger charge is -2.07. The molecule has 0 aliphatic carbocycles. The smallest absolute Gasteiger partial charge is 0.210 e. The van der Waals surface area contributed by atoms with Gasteiger partial charge in [0.25, 0.3) is 0 Å². The van der Waals surface area contributed by atoms with Crippen LogP contribution in [0.5, 0.6) is 0 Å². The molecule has 2 aromatic rings. The summed E-state index contributed by atoms with van der Waals surface area (Å²) in [7, 11) is 3.79. The van der Waals surface area contributed by atoms with Crippen molar-refractivity contribution >= 4 is 33.7 Å². The van der Waals surface area contributed by atoms with Crippen LogP contribution in [0.2, 0.25) is 0 Å². The quantitative estimate of drug-likeness (QED) is 0.787. The zero-order valence-corrected chi connectivity index (χ0v) is 12.5. The van der Waals surface area contributed by atoms with Crippen molar-refractivity contribution in [3.63, 3.8) is 0 Å². The highest BCUT2D eigenvalue weighted by Gasteiger charge is 2.09. The van der Waals surface area contributed by atoms with Crippen LogP contribution in [0.25, 0.3) is 0 Å². The van der Waals surface area contributed by atoms with Gasteiger partial charge in [-0.15, -0.1) is 0 Å². The molecular weight excluding hydrogens is 311 g/mol. The van der Waals surface area contributed by atoms with Crippen LogP contribution in [0.4, 0.5) is 16.0 Å². The van der Waals surface area contributed by atoms with Gasteiger partial charge in [-0.05, 0) is 46.6 Å². The Morgan fingerprint density at radius 3 is 2.63 bits per heavy atom. The average molecular weight is 325 g/mol. The van der Waals surface area contributed by atoms with Crippen LogP contribution in [0, 0.1) is 12.7 Å². The van der Waals surface area contributed by atoms with Gasteiger partial charge < -0.3 is 9.32 Å². The third-order valence-corrected chi connectivity index (χ3v) is 3.14. The van der Waals surface area contributed by atoms with Gasteiger partial charge in [-0.3, -0.25) is 4.99 Å². The van der Waals surface area contributed by atoms with Gasteiger partial charge in [-0.25, -0.2) is 4.39 Å². The van der Waals surface area contributed by atoms with Crippen molar-refractivity contribution in [1.82, 2.24) is 0 Å². The van der Waals surface area contributed by atoms with Gasteiger partial charge >= 0.3 is 0 Å². The molecule has 2 rings (SSSR count). The molecule has 0 radical (unpaired) electrons. The first-order valence-electron chi connectivity index (χ1n) is 5.74. The first kappa shape index (κ1) is 13.8. The van der Waals surface area contributed by atoms with E-state index in [1.54, 1.807) is 25.3 Å². The number of benzene rings is 1. The molecular formula is C14H14BrFN2O. The molecule has 0 saturated carbocycles. The van der Waals surface area contributed by atoms with Crippen molar-refractivity contribution in [2.75, 3.05) is 19.0 Å². The fourth-order valence-corrected chi connectivity index (χ4v) is 2.25. The summed E-state index contributed by atoms with van der Waals surface area (Å²) >= 11 is 3.42. The number of aliphatic imine (C=N–C) groups is 1. The number of nitrogens with zero attached hydrogens (tertiary/aromatic N) is 2. The maximum absolute atomic E-state index is 13.1. The van der Waals surface area contributed by atoms with E-state index < -0.39 is 0 Å². The Bertz CT molecular complexity index is 620. The monoisotopic (exact) mass is 324 g/mol.